The van der Waals surface area contributed by atoms with E-state index in [1.54, 1.807) is 0 Å². The van der Waals surface area contributed by atoms with Crippen LogP contribution in [0.5, 0.6) is 0 Å². The van der Waals surface area contributed by atoms with Gasteiger partial charge in [-0.15, -0.1) is 0 Å². The number of aliphatic hydroxyl groups excluding tert-OH is 3. The lowest BCUT2D eigenvalue weighted by molar-refractivity contribution is -0.297. The van der Waals surface area contributed by atoms with Crippen molar-refractivity contribution in [1.82, 2.24) is 5.32 Å². The third-order valence-corrected chi connectivity index (χ3v) is 3.86. The number of hydrogen-bond acceptors (Lipinski definition) is 10. The first-order valence-electron chi connectivity index (χ1n) is 7.80. The molecule has 0 aliphatic carbocycles. The summed E-state index contributed by atoms with van der Waals surface area (Å²) < 4.78 is 9.72. The Morgan fingerprint density at radius 1 is 1.38 bits per heavy atom. The highest BCUT2D eigenvalue weighted by atomic mass is 16.7. The Hall–Kier alpha value is -1.83. The van der Waals surface area contributed by atoms with Crippen molar-refractivity contribution in [2.24, 2.45) is 11.7 Å². The van der Waals surface area contributed by atoms with Crippen LogP contribution in [0.2, 0.25) is 0 Å². The second kappa shape index (κ2) is 9.21. The number of aliphatic hydroxyl groups is 4. The first kappa shape index (κ1) is 22.2. The molecule has 12 nitrogen and oxygen atoms in total. The van der Waals surface area contributed by atoms with Crippen LogP contribution < -0.4 is 11.1 Å². The molecule has 1 aliphatic rings. The van der Waals surface area contributed by atoms with E-state index in [0.717, 1.165) is 6.92 Å². The van der Waals surface area contributed by atoms with Crippen LogP contribution in [0.15, 0.2) is 0 Å². The zero-order valence-corrected chi connectivity index (χ0v) is 14.1. The number of carboxylic acid groups (broad SMARTS) is 1. The quantitative estimate of drug-likeness (QED) is 0.160. The minimum absolute atomic E-state index is 0.409. The smallest absolute Gasteiger partial charge is 0.364 e. The molecule has 1 rings (SSSR count). The Morgan fingerprint density at radius 3 is 2.50 bits per heavy atom. The summed E-state index contributed by atoms with van der Waals surface area (Å²) >= 11 is 0. The Balaban J connectivity index is 2.93. The number of carboxylic acids is 1. The average Bonchev–Trinajstić information content (AvgIpc) is 2.50. The number of esters is 1. The molecule has 0 saturated carbocycles. The summed E-state index contributed by atoms with van der Waals surface area (Å²) in [7, 11) is 0. The first-order chi connectivity index (χ1) is 12.0. The zero-order chi connectivity index (χ0) is 20.1. The standard InChI is InChI=1S/C14H24N2O10/c1-6(17)16-12(21)11-8(19)3-14(24,13(22)23)26-9(11)2-7(18)5-25-10(20)4-15/h7-9,11-12,18-19,21,24H,2-5,15H2,1H3,(H,16,17)(H,22,23)/t7-,8-,9-,11-,12-,14-/m0/s1. The largest absolute Gasteiger partial charge is 0.477 e. The van der Waals surface area contributed by atoms with Crippen LogP contribution in [0.25, 0.3) is 0 Å². The molecule has 0 bridgehead atoms. The maximum atomic E-state index is 11.2. The van der Waals surface area contributed by atoms with Crippen molar-refractivity contribution in [2.45, 2.75) is 50.1 Å². The Morgan fingerprint density at radius 2 is 2.00 bits per heavy atom. The van der Waals surface area contributed by atoms with Crippen LogP contribution in [0, 0.1) is 5.92 Å². The number of nitrogens with one attached hydrogen (secondary N) is 1. The normalized spacial score (nSPS) is 30.9. The molecule has 8 N–H and O–H groups in total. The van der Waals surface area contributed by atoms with Gasteiger partial charge in [-0.25, -0.2) is 4.79 Å². The minimum Gasteiger partial charge on any atom is -0.477 e. The van der Waals surface area contributed by atoms with Crippen molar-refractivity contribution in [3.63, 3.8) is 0 Å². The Kier molecular flexibility index (Phi) is 7.87. The SMILES string of the molecule is CC(=O)N[C@@H](O)[C@@H]1[C@H](C[C@H](O)COC(=O)CN)O[C@](O)(C(=O)O)C[C@@H]1O. The third kappa shape index (κ3) is 5.86. The second-order valence-corrected chi connectivity index (χ2v) is 6.02. The van der Waals surface area contributed by atoms with Crippen molar-refractivity contribution in [3.05, 3.63) is 0 Å². The lowest BCUT2D eigenvalue weighted by Crippen LogP contribution is -2.61. The summed E-state index contributed by atoms with van der Waals surface area (Å²) in [4.78, 5) is 33.3. The summed E-state index contributed by atoms with van der Waals surface area (Å²) in [6.07, 6.45) is -7.14. The summed E-state index contributed by atoms with van der Waals surface area (Å²) in [5, 5.41) is 51.4. The third-order valence-electron chi connectivity index (χ3n) is 3.86. The highest BCUT2D eigenvalue weighted by Gasteiger charge is 2.53. The lowest BCUT2D eigenvalue weighted by Gasteiger charge is -2.44. The van der Waals surface area contributed by atoms with E-state index in [1.807, 2.05) is 0 Å². The summed E-state index contributed by atoms with van der Waals surface area (Å²) in [5.74, 6) is -7.17. The number of nitrogens with two attached hydrogens (primary N) is 1. The predicted octanol–water partition coefficient (Wildman–Crippen LogP) is -3.77. The van der Waals surface area contributed by atoms with E-state index < -0.39 is 80.1 Å². The molecule has 0 unspecified atom stereocenters. The molecular formula is C14H24N2O10. The van der Waals surface area contributed by atoms with Crippen LogP contribution >= 0.6 is 0 Å². The molecule has 0 aromatic heterocycles. The van der Waals surface area contributed by atoms with Crippen molar-refractivity contribution in [1.29, 1.82) is 0 Å². The molecule has 0 radical (unpaired) electrons. The number of aliphatic carboxylic acids is 1. The monoisotopic (exact) mass is 380 g/mol. The Labute approximate surface area is 148 Å². The fourth-order valence-electron chi connectivity index (χ4n) is 2.69. The van der Waals surface area contributed by atoms with Gasteiger partial charge in [0.15, 0.2) is 0 Å². The Bertz CT molecular complexity index is 530. The summed E-state index contributed by atoms with van der Waals surface area (Å²) in [5.41, 5.74) is 5.05. The van der Waals surface area contributed by atoms with Gasteiger partial charge in [-0.05, 0) is 0 Å². The van der Waals surface area contributed by atoms with Crippen LogP contribution in [0.4, 0.5) is 0 Å². The van der Waals surface area contributed by atoms with E-state index in [4.69, 9.17) is 15.6 Å². The van der Waals surface area contributed by atoms with E-state index in [1.165, 1.54) is 0 Å². The number of hydrogen-bond donors (Lipinski definition) is 7. The predicted molar refractivity (Wildman–Crippen MR) is 82.0 cm³/mol. The zero-order valence-electron chi connectivity index (χ0n) is 14.1. The highest BCUT2D eigenvalue weighted by molar-refractivity contribution is 5.75. The van der Waals surface area contributed by atoms with E-state index in [-0.39, 0.29) is 0 Å². The van der Waals surface area contributed by atoms with E-state index in [0.29, 0.717) is 0 Å². The highest BCUT2D eigenvalue weighted by Crippen LogP contribution is 2.35. The maximum Gasteiger partial charge on any atom is 0.364 e. The summed E-state index contributed by atoms with van der Waals surface area (Å²) in [6, 6.07) is 0. The first-order valence-corrected chi connectivity index (χ1v) is 7.80. The van der Waals surface area contributed by atoms with Gasteiger partial charge in [-0.2, -0.15) is 0 Å². The van der Waals surface area contributed by atoms with Gasteiger partial charge < -0.3 is 46.1 Å². The second-order valence-electron chi connectivity index (χ2n) is 6.02. The van der Waals surface area contributed by atoms with Crippen LogP contribution in [0.3, 0.4) is 0 Å². The van der Waals surface area contributed by atoms with Gasteiger partial charge in [0.1, 0.15) is 12.8 Å². The van der Waals surface area contributed by atoms with Gasteiger partial charge in [-0.3, -0.25) is 9.59 Å². The molecule has 0 aromatic carbocycles. The molecule has 0 aromatic rings. The van der Waals surface area contributed by atoms with Crippen molar-refractivity contribution < 1.29 is 49.4 Å². The molecule has 12 heteroatoms. The molecule has 1 saturated heterocycles. The molecular weight excluding hydrogens is 356 g/mol. The van der Waals surface area contributed by atoms with Gasteiger partial charge in [0.25, 0.3) is 5.79 Å². The fourth-order valence-corrected chi connectivity index (χ4v) is 2.69. The van der Waals surface area contributed by atoms with Crippen molar-refractivity contribution >= 4 is 17.8 Å². The van der Waals surface area contributed by atoms with E-state index in [9.17, 15) is 34.8 Å². The molecule has 1 aliphatic heterocycles. The van der Waals surface area contributed by atoms with Gasteiger partial charge in [0.2, 0.25) is 5.91 Å². The fraction of sp³-hybridized carbons (Fsp3) is 0.786. The summed E-state index contributed by atoms with van der Waals surface area (Å²) in [6.45, 7) is 0.206. The van der Waals surface area contributed by atoms with Crippen LogP contribution in [0.1, 0.15) is 19.8 Å². The molecule has 1 fully saturated rings. The van der Waals surface area contributed by atoms with E-state index >= 15 is 0 Å². The van der Waals surface area contributed by atoms with Crippen molar-refractivity contribution in [3.8, 4) is 0 Å². The van der Waals surface area contributed by atoms with Gasteiger partial charge in [0.05, 0.1) is 30.8 Å². The lowest BCUT2D eigenvalue weighted by atomic mass is 9.83. The topological polar surface area (TPSA) is 209 Å². The minimum atomic E-state index is -2.75. The number of rotatable bonds is 8. The molecule has 1 heterocycles. The van der Waals surface area contributed by atoms with Crippen LogP contribution in [-0.4, -0.2) is 86.9 Å². The van der Waals surface area contributed by atoms with Crippen LogP contribution in [-0.2, 0) is 23.9 Å². The number of carbonyl (C=O) groups is 3. The van der Waals surface area contributed by atoms with Gasteiger partial charge >= 0.3 is 11.9 Å². The molecule has 6 atom stereocenters. The molecule has 0 spiro atoms. The maximum absolute atomic E-state index is 11.2. The van der Waals surface area contributed by atoms with Crippen molar-refractivity contribution in [2.75, 3.05) is 13.2 Å². The molecule has 26 heavy (non-hydrogen) atoms. The average molecular weight is 380 g/mol. The number of amides is 1. The number of carbonyl (C=O) groups excluding carboxylic acids is 2. The molecule has 1 amide bonds. The van der Waals surface area contributed by atoms with E-state index in [2.05, 4.69) is 10.1 Å². The van der Waals surface area contributed by atoms with Gasteiger partial charge in [-0.1, -0.05) is 0 Å². The number of ether oxygens (including phenoxy) is 2. The molecule has 150 valence electrons. The van der Waals surface area contributed by atoms with Gasteiger partial charge in [0, 0.05) is 19.8 Å².